The number of urea groups is 1. The molecule has 0 aliphatic heterocycles. The molecule has 0 saturated heterocycles. The third kappa shape index (κ3) is 5.09. The van der Waals surface area contributed by atoms with Crippen LogP contribution in [0.3, 0.4) is 0 Å². The molecule has 3 aromatic heterocycles. The molecule has 0 unspecified atom stereocenters. The third-order valence-corrected chi connectivity index (χ3v) is 5.85. The van der Waals surface area contributed by atoms with Gasteiger partial charge in [-0.05, 0) is 74.6 Å². The zero-order valence-electron chi connectivity index (χ0n) is 18.9. The predicted octanol–water partition coefficient (Wildman–Crippen LogP) is 5.77. The number of pyridine rings is 2. The summed E-state index contributed by atoms with van der Waals surface area (Å²) in [5.41, 5.74) is 6.25. The summed E-state index contributed by atoms with van der Waals surface area (Å²) in [6, 6.07) is 16.7. The second-order valence-electron chi connectivity index (χ2n) is 8.29. The first-order chi connectivity index (χ1) is 16.8. The molecule has 0 fully saturated rings. The minimum Gasteiger partial charge on any atom is -0.338 e. The number of anilines is 1. The van der Waals surface area contributed by atoms with Crippen LogP contribution in [0.4, 0.5) is 10.5 Å². The van der Waals surface area contributed by atoms with Gasteiger partial charge in [-0.3, -0.25) is 9.97 Å². The lowest BCUT2D eigenvalue weighted by molar-refractivity contribution is 0.252. The molecule has 1 aromatic carbocycles. The number of nitrogens with one attached hydrogen (secondary N) is 2. The number of fused-ring (bicyclic) bond motifs is 1. The largest absolute Gasteiger partial charge is 0.338 e. The number of aromatic nitrogens is 4. The molecule has 1 aliphatic carbocycles. The van der Waals surface area contributed by atoms with Gasteiger partial charge < -0.3 is 10.6 Å². The molecule has 0 saturated carbocycles. The van der Waals surface area contributed by atoms with E-state index in [1.807, 2.05) is 54.6 Å². The van der Waals surface area contributed by atoms with Crippen molar-refractivity contribution in [3.63, 3.8) is 0 Å². The number of benzene rings is 1. The van der Waals surface area contributed by atoms with Gasteiger partial charge in [-0.1, -0.05) is 23.8 Å². The molecule has 170 valence electrons. The van der Waals surface area contributed by atoms with Gasteiger partial charge >= 0.3 is 6.03 Å². The van der Waals surface area contributed by atoms with Gasteiger partial charge in [0.2, 0.25) is 0 Å². The average molecular weight is 451 g/mol. The maximum Gasteiger partial charge on any atom is 0.319 e. The van der Waals surface area contributed by atoms with Gasteiger partial charge in [-0.25, -0.2) is 14.8 Å². The Morgan fingerprint density at radius 3 is 2.24 bits per heavy atom. The summed E-state index contributed by atoms with van der Waals surface area (Å²) in [6.45, 7) is 0.627. The van der Waals surface area contributed by atoms with Gasteiger partial charge in [0.05, 0.1) is 22.4 Å². The monoisotopic (exact) mass is 450 g/mol. The van der Waals surface area contributed by atoms with Crippen molar-refractivity contribution in [2.45, 2.75) is 32.1 Å². The molecule has 1 aliphatic rings. The summed E-state index contributed by atoms with van der Waals surface area (Å²) in [5, 5.41) is 5.86. The minimum absolute atomic E-state index is 0.223. The summed E-state index contributed by atoms with van der Waals surface area (Å²) in [4.78, 5) is 31.1. The fourth-order valence-electron chi connectivity index (χ4n) is 4.14. The lowest BCUT2D eigenvalue weighted by Crippen LogP contribution is -2.29. The first-order valence-electron chi connectivity index (χ1n) is 11.6. The van der Waals surface area contributed by atoms with Gasteiger partial charge in [0.1, 0.15) is 11.4 Å². The highest BCUT2D eigenvalue weighted by Gasteiger charge is 2.15. The Bertz CT molecular complexity index is 1320. The van der Waals surface area contributed by atoms with Crippen LogP contribution in [0.1, 0.15) is 32.1 Å². The zero-order chi connectivity index (χ0) is 23.2. The van der Waals surface area contributed by atoms with Crippen LogP contribution in [0.5, 0.6) is 0 Å². The number of allylic oxidation sites excluding steroid dienone is 1. The molecule has 3 heterocycles. The highest BCUT2D eigenvalue weighted by molar-refractivity contribution is 5.93. The Kier molecular flexibility index (Phi) is 6.52. The van der Waals surface area contributed by atoms with E-state index in [9.17, 15) is 4.79 Å². The Morgan fingerprint density at radius 2 is 1.59 bits per heavy atom. The van der Waals surface area contributed by atoms with Crippen LogP contribution in [-0.4, -0.2) is 32.5 Å². The molecule has 2 amide bonds. The number of amides is 2. The van der Waals surface area contributed by atoms with Crippen molar-refractivity contribution in [1.82, 2.24) is 25.3 Å². The number of hydrogen-bond acceptors (Lipinski definition) is 5. The summed E-state index contributed by atoms with van der Waals surface area (Å²) in [7, 11) is 0. The predicted molar refractivity (Wildman–Crippen MR) is 134 cm³/mol. The molecule has 4 aromatic rings. The number of rotatable bonds is 6. The highest BCUT2D eigenvalue weighted by Crippen LogP contribution is 2.29. The molecular formula is C27H26N6O. The van der Waals surface area contributed by atoms with E-state index in [4.69, 9.17) is 9.97 Å². The molecule has 5 rings (SSSR count). The van der Waals surface area contributed by atoms with Gasteiger partial charge in [0.25, 0.3) is 0 Å². The van der Waals surface area contributed by atoms with Gasteiger partial charge in [-0.2, -0.15) is 0 Å². The summed E-state index contributed by atoms with van der Waals surface area (Å²) in [6.07, 6.45) is 11.5. The first-order valence-corrected chi connectivity index (χ1v) is 11.6. The lowest BCUT2D eigenvalue weighted by atomic mass is 9.97. The van der Waals surface area contributed by atoms with Crippen LogP contribution in [0.2, 0.25) is 0 Å². The number of carbonyl (C=O) groups is 1. The van der Waals surface area contributed by atoms with E-state index in [1.165, 1.54) is 18.4 Å². The van der Waals surface area contributed by atoms with E-state index in [0.717, 1.165) is 30.5 Å². The van der Waals surface area contributed by atoms with Crippen LogP contribution in [-0.2, 0) is 0 Å². The van der Waals surface area contributed by atoms with Gasteiger partial charge in [0.15, 0.2) is 0 Å². The minimum atomic E-state index is -0.223. The van der Waals surface area contributed by atoms with Crippen LogP contribution < -0.4 is 10.6 Å². The Balaban J connectivity index is 1.38. The Hall–Kier alpha value is -4.13. The zero-order valence-corrected chi connectivity index (χ0v) is 18.9. The average Bonchev–Trinajstić information content (AvgIpc) is 2.89. The lowest BCUT2D eigenvalue weighted by Gasteiger charge is -2.13. The van der Waals surface area contributed by atoms with E-state index < -0.39 is 0 Å². The number of hydrogen-bond donors (Lipinski definition) is 2. The van der Waals surface area contributed by atoms with Crippen molar-refractivity contribution in [1.29, 1.82) is 0 Å². The fraction of sp³-hybridized carbons (Fsp3) is 0.222. The SMILES string of the molecule is O=C(NCCC1=CCCCC1)Nc1ccc2nc(-c3ccccn3)c(-c3ccccn3)nc2c1. The molecular weight excluding hydrogens is 424 g/mol. The molecule has 7 nitrogen and oxygen atoms in total. The number of carbonyl (C=O) groups excluding carboxylic acids is 1. The van der Waals surface area contributed by atoms with E-state index in [2.05, 4.69) is 26.7 Å². The Labute approximate surface area is 198 Å². The molecule has 0 spiro atoms. The van der Waals surface area contributed by atoms with Crippen molar-refractivity contribution in [3.05, 3.63) is 78.6 Å². The molecule has 0 radical (unpaired) electrons. The van der Waals surface area contributed by atoms with Crippen LogP contribution >= 0.6 is 0 Å². The van der Waals surface area contributed by atoms with E-state index in [0.29, 0.717) is 34.8 Å². The fourth-order valence-corrected chi connectivity index (χ4v) is 4.14. The standard InChI is InChI=1S/C27H26N6O/c34-27(30-17-14-19-8-2-1-3-9-19)31-20-12-13-21-24(18-20)33-26(23-11-5-7-16-29-23)25(32-21)22-10-4-6-15-28-22/h4-8,10-13,15-16,18H,1-3,9,14,17H2,(H2,30,31,34). The second-order valence-corrected chi connectivity index (χ2v) is 8.29. The van der Waals surface area contributed by atoms with Gasteiger partial charge in [-0.15, -0.1) is 0 Å². The normalized spacial score (nSPS) is 13.4. The molecule has 7 heteroatoms. The van der Waals surface area contributed by atoms with Crippen LogP contribution in [0.15, 0.2) is 78.6 Å². The highest BCUT2D eigenvalue weighted by atomic mass is 16.2. The summed E-state index contributed by atoms with van der Waals surface area (Å²) >= 11 is 0. The molecule has 2 N–H and O–H groups in total. The van der Waals surface area contributed by atoms with Crippen LogP contribution in [0.25, 0.3) is 33.8 Å². The molecule has 0 bridgehead atoms. The Morgan fingerprint density at radius 1 is 0.853 bits per heavy atom. The van der Waals surface area contributed by atoms with Gasteiger partial charge in [0, 0.05) is 24.6 Å². The van der Waals surface area contributed by atoms with Crippen LogP contribution in [0, 0.1) is 0 Å². The van der Waals surface area contributed by atoms with Crippen molar-refractivity contribution >= 4 is 22.8 Å². The van der Waals surface area contributed by atoms with Crippen molar-refractivity contribution in [3.8, 4) is 22.8 Å². The molecule has 34 heavy (non-hydrogen) atoms. The van der Waals surface area contributed by atoms with Crippen molar-refractivity contribution in [2.75, 3.05) is 11.9 Å². The quantitative estimate of drug-likeness (QED) is 0.364. The second kappa shape index (κ2) is 10.2. The van der Waals surface area contributed by atoms with Crippen molar-refractivity contribution in [2.24, 2.45) is 0 Å². The maximum atomic E-state index is 12.4. The van der Waals surface area contributed by atoms with E-state index >= 15 is 0 Å². The summed E-state index contributed by atoms with van der Waals surface area (Å²) in [5.74, 6) is 0. The van der Waals surface area contributed by atoms with Crippen molar-refractivity contribution < 1.29 is 4.79 Å². The van der Waals surface area contributed by atoms with E-state index in [1.54, 1.807) is 12.4 Å². The third-order valence-electron chi connectivity index (χ3n) is 5.85. The smallest absolute Gasteiger partial charge is 0.319 e. The first kappa shape index (κ1) is 21.7. The van der Waals surface area contributed by atoms with E-state index in [-0.39, 0.29) is 6.03 Å². The molecule has 0 atom stereocenters. The maximum absolute atomic E-state index is 12.4. The summed E-state index contributed by atoms with van der Waals surface area (Å²) < 4.78 is 0. The number of nitrogens with zero attached hydrogens (tertiary/aromatic N) is 4. The topological polar surface area (TPSA) is 92.7 Å².